The van der Waals surface area contributed by atoms with Gasteiger partial charge in [-0.3, -0.25) is 9.59 Å². The predicted molar refractivity (Wildman–Crippen MR) is 135 cm³/mol. The lowest BCUT2D eigenvalue weighted by atomic mass is 9.87. The Morgan fingerprint density at radius 2 is 1.83 bits per heavy atom. The van der Waals surface area contributed by atoms with Crippen molar-refractivity contribution < 1.29 is 22.8 Å². The molecule has 4 nitrogen and oxygen atoms in total. The summed E-state index contributed by atoms with van der Waals surface area (Å²) in [6, 6.07) is 18.0. The van der Waals surface area contributed by atoms with Crippen LogP contribution in [-0.4, -0.2) is 18.9 Å². The third-order valence-corrected chi connectivity index (χ3v) is 7.61. The van der Waals surface area contributed by atoms with Crippen LogP contribution in [0.1, 0.15) is 51.5 Å². The smallest absolute Gasteiger partial charge is 0.345 e. The van der Waals surface area contributed by atoms with Gasteiger partial charge in [0, 0.05) is 17.5 Å². The molecule has 36 heavy (non-hydrogen) atoms. The number of nitrogens with zero attached hydrogens (tertiary/aromatic N) is 1. The molecule has 1 aliphatic carbocycles. The van der Waals surface area contributed by atoms with Crippen molar-refractivity contribution in [3.63, 3.8) is 0 Å². The van der Waals surface area contributed by atoms with Crippen molar-refractivity contribution in [3.05, 3.63) is 99.5 Å². The van der Waals surface area contributed by atoms with Gasteiger partial charge in [0.2, 0.25) is 0 Å². The fraction of sp³-hybridized carbons (Fsp3) is 0.214. The number of benzene rings is 3. The number of likely N-dealkylation sites (N-methyl/N-ethyl adjacent to an activating group) is 1. The van der Waals surface area contributed by atoms with E-state index in [1.54, 1.807) is 31.3 Å². The summed E-state index contributed by atoms with van der Waals surface area (Å²) in [5.74, 6) is -0.484. The molecule has 2 aliphatic rings. The van der Waals surface area contributed by atoms with Gasteiger partial charge in [0.15, 0.2) is 0 Å². The van der Waals surface area contributed by atoms with Gasteiger partial charge < -0.3 is 10.2 Å². The highest BCUT2D eigenvalue weighted by Crippen LogP contribution is 2.42. The summed E-state index contributed by atoms with van der Waals surface area (Å²) in [5, 5.41) is 3.14. The van der Waals surface area contributed by atoms with E-state index in [1.165, 1.54) is 34.4 Å². The van der Waals surface area contributed by atoms with Gasteiger partial charge in [-0.2, -0.15) is 13.2 Å². The largest absolute Gasteiger partial charge is 0.416 e. The minimum absolute atomic E-state index is 0.0505. The summed E-state index contributed by atoms with van der Waals surface area (Å²) in [5.41, 5.74) is 3.25. The molecule has 8 heteroatoms. The number of carbonyl (C=O) groups is 2. The van der Waals surface area contributed by atoms with E-state index in [4.69, 9.17) is 0 Å². The number of thioether (sulfide) groups is 1. The molecule has 0 unspecified atom stereocenters. The molecule has 1 aliphatic heterocycles. The number of amides is 2. The first-order valence-corrected chi connectivity index (χ1v) is 12.4. The fourth-order valence-corrected chi connectivity index (χ4v) is 5.69. The minimum atomic E-state index is -4.41. The first-order chi connectivity index (χ1) is 17.2. The van der Waals surface area contributed by atoms with Crippen molar-refractivity contribution in [2.75, 3.05) is 11.9 Å². The number of alkyl halides is 3. The van der Waals surface area contributed by atoms with Crippen LogP contribution in [0.25, 0.3) is 6.08 Å². The molecule has 2 amide bonds. The third kappa shape index (κ3) is 4.78. The molecule has 5 rings (SSSR count). The van der Waals surface area contributed by atoms with E-state index >= 15 is 0 Å². The van der Waals surface area contributed by atoms with Gasteiger partial charge in [-0.05, 0) is 72.4 Å². The predicted octanol–water partition coefficient (Wildman–Crippen LogP) is 6.62. The molecule has 184 valence electrons. The number of aryl methyl sites for hydroxylation is 1. The average molecular weight is 509 g/mol. The monoisotopic (exact) mass is 508 g/mol. The second kappa shape index (κ2) is 9.50. The van der Waals surface area contributed by atoms with Gasteiger partial charge in [0.1, 0.15) is 0 Å². The van der Waals surface area contributed by atoms with Crippen LogP contribution in [0.2, 0.25) is 0 Å². The second-order valence-electron chi connectivity index (χ2n) is 8.89. The standard InChI is InChI=1S/C28H23F3N2O2S/c1-33-23-16-19(26(34)32-22-8-4-6-18-5-2-3-7-21(18)22)11-14-24(23)36-25(27(33)35)15-17-9-12-20(13-10-17)28(29,30)31/h2-3,5,7,9-16,22H,4,6,8H2,1H3,(H,32,34)/b25-15-/t22-/m0/s1. The Morgan fingerprint density at radius 1 is 1.08 bits per heavy atom. The molecule has 0 radical (unpaired) electrons. The van der Waals surface area contributed by atoms with Crippen molar-refractivity contribution in [3.8, 4) is 0 Å². The van der Waals surface area contributed by atoms with E-state index < -0.39 is 11.7 Å². The highest BCUT2D eigenvalue weighted by molar-refractivity contribution is 8.04. The van der Waals surface area contributed by atoms with Crippen LogP contribution in [0.4, 0.5) is 18.9 Å². The maximum absolute atomic E-state index is 13.1. The van der Waals surface area contributed by atoms with Crippen LogP contribution in [0.3, 0.4) is 0 Å². The molecule has 1 heterocycles. The van der Waals surface area contributed by atoms with Crippen molar-refractivity contribution in [2.45, 2.75) is 36.4 Å². The fourth-order valence-electron chi connectivity index (χ4n) is 4.60. The van der Waals surface area contributed by atoms with Crippen molar-refractivity contribution in [2.24, 2.45) is 0 Å². The number of anilines is 1. The third-order valence-electron chi connectivity index (χ3n) is 6.53. The Kier molecular flexibility index (Phi) is 6.38. The maximum atomic E-state index is 13.1. The minimum Gasteiger partial charge on any atom is -0.345 e. The lowest BCUT2D eigenvalue weighted by Crippen LogP contribution is -2.32. The molecule has 0 saturated carbocycles. The van der Waals surface area contributed by atoms with Gasteiger partial charge in [-0.15, -0.1) is 0 Å². The number of halogens is 3. The van der Waals surface area contributed by atoms with E-state index in [9.17, 15) is 22.8 Å². The first kappa shape index (κ1) is 24.2. The van der Waals surface area contributed by atoms with Gasteiger partial charge in [0.25, 0.3) is 11.8 Å². The molecule has 0 aromatic heterocycles. The summed E-state index contributed by atoms with van der Waals surface area (Å²) in [6.07, 6.45) is 0.0558. The van der Waals surface area contributed by atoms with Crippen molar-refractivity contribution in [1.82, 2.24) is 5.32 Å². The average Bonchev–Trinajstić information content (AvgIpc) is 2.87. The number of hydrogen-bond acceptors (Lipinski definition) is 3. The van der Waals surface area contributed by atoms with Crippen molar-refractivity contribution >= 4 is 35.3 Å². The zero-order valence-electron chi connectivity index (χ0n) is 19.4. The topological polar surface area (TPSA) is 49.4 Å². The van der Waals surface area contributed by atoms with Crippen LogP contribution in [0, 0.1) is 0 Å². The molecular weight excluding hydrogens is 485 g/mol. The zero-order valence-corrected chi connectivity index (χ0v) is 20.2. The Labute approximate surface area is 211 Å². The Balaban J connectivity index is 1.35. The van der Waals surface area contributed by atoms with Crippen LogP contribution >= 0.6 is 11.8 Å². The summed E-state index contributed by atoms with van der Waals surface area (Å²) >= 11 is 1.24. The number of carbonyl (C=O) groups excluding carboxylic acids is 2. The highest BCUT2D eigenvalue weighted by atomic mass is 32.2. The molecular formula is C28H23F3N2O2S. The number of hydrogen-bond donors (Lipinski definition) is 1. The second-order valence-corrected chi connectivity index (χ2v) is 9.98. The normalized spacial score (nSPS) is 18.6. The van der Waals surface area contributed by atoms with Gasteiger partial charge in [-0.25, -0.2) is 0 Å². The molecule has 0 bridgehead atoms. The van der Waals surface area contributed by atoms with Gasteiger partial charge >= 0.3 is 6.18 Å². The lowest BCUT2D eigenvalue weighted by molar-refractivity contribution is -0.137. The molecule has 3 aromatic rings. The highest BCUT2D eigenvalue weighted by Gasteiger charge is 2.31. The summed E-state index contributed by atoms with van der Waals surface area (Å²) in [6.45, 7) is 0. The van der Waals surface area contributed by atoms with E-state index in [0.29, 0.717) is 21.7 Å². The van der Waals surface area contributed by atoms with E-state index in [2.05, 4.69) is 17.4 Å². The van der Waals surface area contributed by atoms with Crippen LogP contribution in [0.5, 0.6) is 0 Å². The Bertz CT molecular complexity index is 1370. The summed E-state index contributed by atoms with van der Waals surface area (Å²) < 4.78 is 38.5. The Morgan fingerprint density at radius 3 is 2.58 bits per heavy atom. The van der Waals surface area contributed by atoms with E-state index in [1.807, 2.05) is 12.1 Å². The quantitative estimate of drug-likeness (QED) is 0.405. The van der Waals surface area contributed by atoms with E-state index in [0.717, 1.165) is 41.9 Å². The van der Waals surface area contributed by atoms with Crippen LogP contribution < -0.4 is 10.2 Å². The summed E-state index contributed by atoms with van der Waals surface area (Å²) in [4.78, 5) is 28.7. The molecule has 1 atom stereocenters. The number of fused-ring (bicyclic) bond motifs is 2. The lowest BCUT2D eigenvalue weighted by Gasteiger charge is -2.28. The zero-order chi connectivity index (χ0) is 25.4. The van der Waals surface area contributed by atoms with E-state index in [-0.39, 0.29) is 17.9 Å². The molecule has 1 N–H and O–H groups in total. The van der Waals surface area contributed by atoms with Gasteiger partial charge in [-0.1, -0.05) is 48.2 Å². The van der Waals surface area contributed by atoms with Crippen LogP contribution in [-0.2, 0) is 17.4 Å². The SMILES string of the molecule is CN1C(=O)/C(=C/c2ccc(C(F)(F)F)cc2)Sc2ccc(C(=O)N[C@H]3CCCc4ccccc43)cc21. The van der Waals surface area contributed by atoms with Gasteiger partial charge in [0.05, 0.1) is 22.2 Å². The Hall–Kier alpha value is -3.52. The molecule has 0 spiro atoms. The molecule has 0 fully saturated rings. The first-order valence-electron chi connectivity index (χ1n) is 11.6. The number of rotatable bonds is 3. The molecule has 0 saturated heterocycles. The number of nitrogens with one attached hydrogen (secondary N) is 1. The summed E-state index contributed by atoms with van der Waals surface area (Å²) in [7, 11) is 1.63. The van der Waals surface area contributed by atoms with Crippen molar-refractivity contribution in [1.29, 1.82) is 0 Å². The maximum Gasteiger partial charge on any atom is 0.416 e. The van der Waals surface area contributed by atoms with Crippen LogP contribution in [0.15, 0.2) is 76.5 Å². The molecule has 3 aromatic carbocycles.